The van der Waals surface area contributed by atoms with Gasteiger partial charge in [-0.3, -0.25) is 14.4 Å². The van der Waals surface area contributed by atoms with E-state index >= 15 is 0 Å². The lowest BCUT2D eigenvalue weighted by molar-refractivity contribution is -0.118. The van der Waals surface area contributed by atoms with E-state index in [4.69, 9.17) is 5.73 Å². The molecule has 0 spiro atoms. The fourth-order valence-corrected chi connectivity index (χ4v) is 2.21. The molecule has 1 aliphatic carbocycles. The SMILES string of the molecule is CC1=C(C)C(=O)C(C(C)CCC(N)=O)=C(C)C1=O. The van der Waals surface area contributed by atoms with Gasteiger partial charge in [0.05, 0.1) is 0 Å². The lowest BCUT2D eigenvalue weighted by atomic mass is 9.79. The predicted octanol–water partition coefficient (Wildman–Crippen LogP) is 1.69. The highest BCUT2D eigenvalue weighted by molar-refractivity contribution is 6.24. The minimum Gasteiger partial charge on any atom is -0.370 e. The van der Waals surface area contributed by atoms with E-state index in [0.29, 0.717) is 28.7 Å². The number of ketones is 2. The highest BCUT2D eigenvalue weighted by Crippen LogP contribution is 2.30. The quantitative estimate of drug-likeness (QED) is 0.770. The number of amides is 1. The van der Waals surface area contributed by atoms with Gasteiger partial charge in [-0.05, 0) is 33.1 Å². The molecule has 4 nitrogen and oxygen atoms in total. The summed E-state index contributed by atoms with van der Waals surface area (Å²) in [6, 6.07) is 0. The number of hydrogen-bond acceptors (Lipinski definition) is 3. The van der Waals surface area contributed by atoms with Gasteiger partial charge in [0.1, 0.15) is 0 Å². The second-order valence-electron chi connectivity index (χ2n) is 4.85. The van der Waals surface area contributed by atoms with Crippen LogP contribution in [0.1, 0.15) is 40.5 Å². The van der Waals surface area contributed by atoms with Crippen LogP contribution in [0.4, 0.5) is 0 Å². The molecule has 18 heavy (non-hydrogen) atoms. The third-order valence-electron chi connectivity index (χ3n) is 3.55. The highest BCUT2D eigenvalue weighted by atomic mass is 16.1. The standard InChI is InChI=1S/C14H19NO3/c1-7(5-6-11(15)16)12-10(4)13(17)8(2)9(3)14(12)18/h7H,5-6H2,1-4H3,(H2,15,16). The van der Waals surface area contributed by atoms with Crippen LogP contribution in [0, 0.1) is 5.92 Å². The van der Waals surface area contributed by atoms with Gasteiger partial charge in [-0.1, -0.05) is 6.92 Å². The van der Waals surface area contributed by atoms with Crippen LogP contribution in [0.5, 0.6) is 0 Å². The summed E-state index contributed by atoms with van der Waals surface area (Å²) in [5.41, 5.74) is 7.15. The van der Waals surface area contributed by atoms with Crippen molar-refractivity contribution < 1.29 is 14.4 Å². The van der Waals surface area contributed by atoms with Crippen molar-refractivity contribution in [1.82, 2.24) is 0 Å². The van der Waals surface area contributed by atoms with Crippen LogP contribution in [0.3, 0.4) is 0 Å². The number of hydrogen-bond donors (Lipinski definition) is 1. The van der Waals surface area contributed by atoms with E-state index < -0.39 is 5.91 Å². The van der Waals surface area contributed by atoms with Gasteiger partial charge in [0.25, 0.3) is 0 Å². The molecule has 0 saturated carbocycles. The second-order valence-corrected chi connectivity index (χ2v) is 4.85. The zero-order valence-corrected chi connectivity index (χ0v) is 11.3. The van der Waals surface area contributed by atoms with Gasteiger partial charge in [-0.25, -0.2) is 0 Å². The molecule has 1 aliphatic rings. The largest absolute Gasteiger partial charge is 0.370 e. The summed E-state index contributed by atoms with van der Waals surface area (Å²) in [6.07, 6.45) is 0.717. The molecule has 1 unspecified atom stereocenters. The van der Waals surface area contributed by atoms with E-state index in [9.17, 15) is 14.4 Å². The first-order valence-electron chi connectivity index (χ1n) is 6.03. The van der Waals surface area contributed by atoms with Gasteiger partial charge in [-0.15, -0.1) is 0 Å². The Kier molecular flexibility index (Phi) is 4.22. The number of carbonyl (C=O) groups excluding carboxylic acids is 3. The Labute approximate surface area is 107 Å². The molecule has 1 rings (SSSR count). The maximum Gasteiger partial charge on any atom is 0.217 e. The maximum atomic E-state index is 12.2. The molecule has 0 radical (unpaired) electrons. The van der Waals surface area contributed by atoms with Crippen molar-refractivity contribution in [3.05, 3.63) is 22.3 Å². The minimum atomic E-state index is -0.391. The van der Waals surface area contributed by atoms with Gasteiger partial charge >= 0.3 is 0 Å². The minimum absolute atomic E-state index is 0.0759. The van der Waals surface area contributed by atoms with Crippen LogP contribution in [0.2, 0.25) is 0 Å². The molecule has 98 valence electrons. The van der Waals surface area contributed by atoms with E-state index in [-0.39, 0.29) is 23.9 Å². The first-order valence-corrected chi connectivity index (χ1v) is 6.03. The van der Waals surface area contributed by atoms with E-state index in [1.807, 2.05) is 6.92 Å². The van der Waals surface area contributed by atoms with Crippen LogP contribution in [-0.4, -0.2) is 17.5 Å². The van der Waals surface area contributed by atoms with Crippen LogP contribution in [-0.2, 0) is 14.4 Å². The van der Waals surface area contributed by atoms with E-state index in [1.165, 1.54) is 0 Å². The number of primary amides is 1. The summed E-state index contributed by atoms with van der Waals surface area (Å²) >= 11 is 0. The summed E-state index contributed by atoms with van der Waals surface area (Å²) in [7, 11) is 0. The van der Waals surface area contributed by atoms with Gasteiger partial charge in [0.15, 0.2) is 11.6 Å². The fourth-order valence-electron chi connectivity index (χ4n) is 2.21. The summed E-state index contributed by atoms with van der Waals surface area (Å²) in [5.74, 6) is -0.676. The Bertz CT molecular complexity index is 483. The number of allylic oxidation sites excluding steroid dienone is 4. The smallest absolute Gasteiger partial charge is 0.217 e. The number of carbonyl (C=O) groups is 3. The summed E-state index contributed by atoms with van der Waals surface area (Å²) in [6.45, 7) is 6.86. The second kappa shape index (κ2) is 5.29. The molecule has 2 N–H and O–H groups in total. The topological polar surface area (TPSA) is 77.2 Å². The molecule has 0 aromatic heterocycles. The van der Waals surface area contributed by atoms with Crippen molar-refractivity contribution in [2.75, 3.05) is 0 Å². The normalized spacial score (nSPS) is 18.4. The highest BCUT2D eigenvalue weighted by Gasteiger charge is 2.30. The van der Waals surface area contributed by atoms with Crippen molar-refractivity contribution >= 4 is 17.5 Å². The molecule has 1 amide bonds. The van der Waals surface area contributed by atoms with Crippen molar-refractivity contribution in [3.8, 4) is 0 Å². The lowest BCUT2D eigenvalue weighted by Gasteiger charge is -2.22. The van der Waals surface area contributed by atoms with Crippen molar-refractivity contribution in [3.63, 3.8) is 0 Å². The van der Waals surface area contributed by atoms with E-state index in [0.717, 1.165) is 0 Å². The summed E-state index contributed by atoms with van der Waals surface area (Å²) in [5, 5.41) is 0. The maximum absolute atomic E-state index is 12.2. The Hall–Kier alpha value is -1.71. The zero-order chi connectivity index (χ0) is 14.0. The molecule has 1 atom stereocenters. The molecule has 0 heterocycles. The van der Waals surface area contributed by atoms with Crippen LogP contribution in [0.15, 0.2) is 22.3 Å². The van der Waals surface area contributed by atoms with E-state index in [1.54, 1.807) is 20.8 Å². The molecule has 0 fully saturated rings. The third kappa shape index (κ3) is 2.58. The number of nitrogens with two attached hydrogens (primary N) is 1. The Morgan fingerprint density at radius 3 is 2.06 bits per heavy atom. The lowest BCUT2D eigenvalue weighted by Crippen LogP contribution is -2.25. The Morgan fingerprint density at radius 1 is 1.06 bits per heavy atom. The van der Waals surface area contributed by atoms with Gasteiger partial charge in [-0.2, -0.15) is 0 Å². The molecule has 0 aromatic rings. The van der Waals surface area contributed by atoms with Crippen LogP contribution >= 0.6 is 0 Å². The van der Waals surface area contributed by atoms with Crippen molar-refractivity contribution in [2.24, 2.45) is 11.7 Å². The molecular weight excluding hydrogens is 230 g/mol. The van der Waals surface area contributed by atoms with Gasteiger partial charge < -0.3 is 5.73 Å². The fraction of sp³-hybridized carbons (Fsp3) is 0.500. The first kappa shape index (κ1) is 14.4. The predicted molar refractivity (Wildman–Crippen MR) is 68.7 cm³/mol. The van der Waals surface area contributed by atoms with Gasteiger partial charge in [0, 0.05) is 28.7 Å². The molecule has 0 bridgehead atoms. The summed E-state index contributed by atoms with van der Waals surface area (Å²) < 4.78 is 0. The Morgan fingerprint density at radius 2 is 1.56 bits per heavy atom. The number of rotatable bonds is 4. The summed E-state index contributed by atoms with van der Waals surface area (Å²) in [4.78, 5) is 34.9. The first-order chi connectivity index (χ1) is 8.27. The molecular formula is C14H19NO3. The molecule has 0 aliphatic heterocycles. The van der Waals surface area contributed by atoms with E-state index in [2.05, 4.69) is 0 Å². The van der Waals surface area contributed by atoms with Crippen molar-refractivity contribution in [2.45, 2.75) is 40.5 Å². The average molecular weight is 249 g/mol. The molecule has 0 aromatic carbocycles. The van der Waals surface area contributed by atoms with Crippen LogP contribution in [0.25, 0.3) is 0 Å². The van der Waals surface area contributed by atoms with Crippen molar-refractivity contribution in [1.29, 1.82) is 0 Å². The molecule has 0 saturated heterocycles. The Balaban J connectivity index is 3.04. The average Bonchev–Trinajstić information content (AvgIpc) is 2.31. The third-order valence-corrected chi connectivity index (χ3v) is 3.55. The molecule has 4 heteroatoms. The zero-order valence-electron chi connectivity index (χ0n) is 11.3. The number of Topliss-reactive ketones (excluding diaryl/α,β-unsaturated/α-hetero) is 2. The monoisotopic (exact) mass is 249 g/mol. The van der Waals surface area contributed by atoms with Gasteiger partial charge in [0.2, 0.25) is 5.91 Å². The van der Waals surface area contributed by atoms with Crippen LogP contribution < -0.4 is 5.73 Å².